The lowest BCUT2D eigenvalue weighted by Gasteiger charge is -2.12. The molecule has 2 aromatic carbocycles. The monoisotopic (exact) mass is 456 g/mol. The number of ether oxygens (including phenoxy) is 4. The summed E-state index contributed by atoms with van der Waals surface area (Å²) in [7, 11) is 1.60. The zero-order chi connectivity index (χ0) is 23.7. The lowest BCUT2D eigenvalue weighted by atomic mass is 10.1. The van der Waals surface area contributed by atoms with Crippen molar-refractivity contribution in [3.63, 3.8) is 0 Å². The highest BCUT2D eigenvalue weighted by Gasteiger charge is 2.07. The molecule has 0 amide bonds. The Morgan fingerprint density at radius 2 is 1.06 bits per heavy atom. The highest BCUT2D eigenvalue weighted by Crippen LogP contribution is 2.29. The molecule has 0 aliphatic rings. The van der Waals surface area contributed by atoms with E-state index in [-0.39, 0.29) is 0 Å². The van der Waals surface area contributed by atoms with Gasteiger partial charge in [-0.15, -0.1) is 0 Å². The van der Waals surface area contributed by atoms with Crippen LogP contribution in [0, 0.1) is 0 Å². The van der Waals surface area contributed by atoms with Crippen LogP contribution in [0.25, 0.3) is 0 Å². The largest absolute Gasteiger partial charge is 0.493 e. The highest BCUT2D eigenvalue weighted by atomic mass is 16.5. The van der Waals surface area contributed by atoms with E-state index in [0.29, 0.717) is 53.9 Å². The molecular formula is C27H36O6. The van der Waals surface area contributed by atoms with Crippen molar-refractivity contribution < 1.29 is 28.5 Å². The Kier molecular flexibility index (Phi) is 12.5. The molecule has 0 aliphatic carbocycles. The first-order valence-electron chi connectivity index (χ1n) is 11.8. The van der Waals surface area contributed by atoms with Crippen LogP contribution in [0.3, 0.4) is 0 Å². The van der Waals surface area contributed by atoms with E-state index in [0.717, 1.165) is 38.3 Å². The number of aldehydes is 2. The standard InChI is InChI=1S/C27H36O6/c1-3-31-25-15-13-23(21-29)19-27(25)33-17-11-9-7-5-4-6-8-10-16-32-26-18-22(20-28)12-14-24(26)30-2/h12-15,18-21H,3-11,16-17H2,1-2H3. The summed E-state index contributed by atoms with van der Waals surface area (Å²) in [6.45, 7) is 3.72. The molecule has 0 spiro atoms. The minimum atomic E-state index is 0.560. The maximum absolute atomic E-state index is 11.0. The van der Waals surface area contributed by atoms with E-state index in [1.54, 1.807) is 43.5 Å². The van der Waals surface area contributed by atoms with Crippen LogP contribution in [-0.4, -0.2) is 39.5 Å². The van der Waals surface area contributed by atoms with Gasteiger partial charge in [0, 0.05) is 11.1 Å². The second kappa shape index (κ2) is 15.7. The van der Waals surface area contributed by atoms with Gasteiger partial charge in [-0.1, -0.05) is 38.5 Å². The number of carbonyl (C=O) groups is 2. The average molecular weight is 457 g/mol. The minimum Gasteiger partial charge on any atom is -0.493 e. The van der Waals surface area contributed by atoms with E-state index in [2.05, 4.69) is 0 Å². The van der Waals surface area contributed by atoms with Gasteiger partial charge in [-0.25, -0.2) is 0 Å². The molecule has 0 radical (unpaired) electrons. The van der Waals surface area contributed by atoms with Gasteiger partial charge in [0.2, 0.25) is 0 Å². The molecule has 2 rings (SSSR count). The number of hydrogen-bond donors (Lipinski definition) is 0. The van der Waals surface area contributed by atoms with Crippen molar-refractivity contribution in [1.29, 1.82) is 0 Å². The van der Waals surface area contributed by atoms with Crippen LogP contribution >= 0.6 is 0 Å². The predicted octanol–water partition coefficient (Wildman–Crippen LogP) is 6.30. The van der Waals surface area contributed by atoms with Gasteiger partial charge in [0.15, 0.2) is 23.0 Å². The molecule has 0 N–H and O–H groups in total. The highest BCUT2D eigenvalue weighted by molar-refractivity contribution is 5.76. The topological polar surface area (TPSA) is 71.1 Å². The number of carbonyl (C=O) groups excluding carboxylic acids is 2. The predicted molar refractivity (Wildman–Crippen MR) is 129 cm³/mol. The van der Waals surface area contributed by atoms with Gasteiger partial charge in [-0.05, 0) is 56.2 Å². The van der Waals surface area contributed by atoms with Crippen LogP contribution in [0.4, 0.5) is 0 Å². The molecule has 0 saturated carbocycles. The number of hydrogen-bond acceptors (Lipinski definition) is 6. The maximum Gasteiger partial charge on any atom is 0.161 e. The molecule has 33 heavy (non-hydrogen) atoms. The van der Waals surface area contributed by atoms with E-state index < -0.39 is 0 Å². The first-order chi connectivity index (χ1) is 16.2. The summed E-state index contributed by atoms with van der Waals surface area (Å²) < 4.78 is 22.5. The van der Waals surface area contributed by atoms with Crippen LogP contribution in [-0.2, 0) is 0 Å². The SMILES string of the molecule is CCOc1ccc(C=O)cc1OCCCCCCCCCCOc1cc(C=O)ccc1OC. The second-order valence-electron chi connectivity index (χ2n) is 7.81. The van der Waals surface area contributed by atoms with Gasteiger partial charge in [0.05, 0.1) is 26.9 Å². The zero-order valence-corrected chi connectivity index (χ0v) is 19.8. The summed E-state index contributed by atoms with van der Waals surface area (Å²) in [5.41, 5.74) is 1.17. The fourth-order valence-corrected chi connectivity index (χ4v) is 3.49. The van der Waals surface area contributed by atoms with Crippen molar-refractivity contribution in [3.05, 3.63) is 47.5 Å². The van der Waals surface area contributed by atoms with Gasteiger partial charge >= 0.3 is 0 Å². The lowest BCUT2D eigenvalue weighted by molar-refractivity contribution is 0.111. The van der Waals surface area contributed by atoms with Crippen molar-refractivity contribution in [2.75, 3.05) is 26.9 Å². The van der Waals surface area contributed by atoms with E-state index in [1.165, 1.54) is 25.7 Å². The van der Waals surface area contributed by atoms with Crippen LogP contribution in [0.2, 0.25) is 0 Å². The molecule has 6 heteroatoms. The van der Waals surface area contributed by atoms with Crippen molar-refractivity contribution >= 4 is 12.6 Å². The van der Waals surface area contributed by atoms with E-state index in [4.69, 9.17) is 18.9 Å². The Bertz CT molecular complexity index is 849. The van der Waals surface area contributed by atoms with Gasteiger partial charge in [0.25, 0.3) is 0 Å². The Labute approximate surface area is 197 Å². The molecule has 0 aliphatic heterocycles. The molecule has 0 saturated heterocycles. The quantitative estimate of drug-likeness (QED) is 0.194. The second-order valence-corrected chi connectivity index (χ2v) is 7.81. The number of methoxy groups -OCH3 is 1. The smallest absolute Gasteiger partial charge is 0.161 e. The Morgan fingerprint density at radius 1 is 0.606 bits per heavy atom. The number of benzene rings is 2. The molecule has 0 atom stereocenters. The summed E-state index contributed by atoms with van der Waals surface area (Å²) in [6, 6.07) is 10.4. The van der Waals surface area contributed by atoms with Gasteiger partial charge in [-0.2, -0.15) is 0 Å². The summed E-state index contributed by atoms with van der Waals surface area (Å²) in [5.74, 6) is 2.59. The first-order valence-corrected chi connectivity index (χ1v) is 11.8. The summed E-state index contributed by atoms with van der Waals surface area (Å²) in [6.07, 6.45) is 10.6. The van der Waals surface area contributed by atoms with Gasteiger partial charge in [0.1, 0.15) is 12.6 Å². The van der Waals surface area contributed by atoms with Crippen molar-refractivity contribution in [2.45, 2.75) is 58.3 Å². The van der Waals surface area contributed by atoms with Crippen molar-refractivity contribution in [1.82, 2.24) is 0 Å². The zero-order valence-electron chi connectivity index (χ0n) is 19.8. The third-order valence-corrected chi connectivity index (χ3v) is 5.28. The van der Waals surface area contributed by atoms with Crippen molar-refractivity contribution in [2.24, 2.45) is 0 Å². The van der Waals surface area contributed by atoms with Gasteiger partial charge < -0.3 is 18.9 Å². The maximum atomic E-state index is 11.0. The Morgan fingerprint density at radius 3 is 1.52 bits per heavy atom. The van der Waals surface area contributed by atoms with Crippen LogP contribution in [0.1, 0.15) is 79.0 Å². The van der Waals surface area contributed by atoms with Crippen molar-refractivity contribution in [3.8, 4) is 23.0 Å². The normalized spacial score (nSPS) is 10.5. The lowest BCUT2D eigenvalue weighted by Crippen LogP contribution is -2.02. The minimum absolute atomic E-state index is 0.560. The first kappa shape index (κ1) is 26.2. The van der Waals surface area contributed by atoms with Crippen LogP contribution in [0.5, 0.6) is 23.0 Å². The van der Waals surface area contributed by atoms with Crippen LogP contribution < -0.4 is 18.9 Å². The molecule has 6 nitrogen and oxygen atoms in total. The third-order valence-electron chi connectivity index (χ3n) is 5.28. The van der Waals surface area contributed by atoms with E-state index >= 15 is 0 Å². The molecule has 0 fully saturated rings. The van der Waals surface area contributed by atoms with E-state index in [9.17, 15) is 9.59 Å². The fourth-order valence-electron chi connectivity index (χ4n) is 3.49. The Balaban J connectivity index is 1.51. The fraction of sp³-hybridized carbons (Fsp3) is 0.481. The van der Waals surface area contributed by atoms with Gasteiger partial charge in [-0.3, -0.25) is 9.59 Å². The molecule has 180 valence electrons. The molecule has 2 aromatic rings. The average Bonchev–Trinajstić information content (AvgIpc) is 2.85. The van der Waals surface area contributed by atoms with Crippen LogP contribution in [0.15, 0.2) is 36.4 Å². The molecular weight excluding hydrogens is 420 g/mol. The molecule has 0 unspecified atom stereocenters. The molecule has 0 aromatic heterocycles. The Hall–Kier alpha value is -3.02. The third kappa shape index (κ3) is 9.56. The van der Waals surface area contributed by atoms with E-state index in [1.807, 2.05) is 6.92 Å². The summed E-state index contributed by atoms with van der Waals surface area (Å²) in [5, 5.41) is 0. The number of rotatable bonds is 18. The number of unbranched alkanes of at least 4 members (excludes halogenated alkanes) is 7. The summed E-state index contributed by atoms with van der Waals surface area (Å²) >= 11 is 0. The molecule has 0 bridgehead atoms. The molecule has 0 heterocycles. The summed E-state index contributed by atoms with van der Waals surface area (Å²) in [4.78, 5) is 21.9.